The van der Waals surface area contributed by atoms with Gasteiger partial charge in [0.15, 0.2) is 0 Å². The number of hydrogen-bond donors (Lipinski definition) is 3. The number of aromatic nitrogens is 3. The van der Waals surface area contributed by atoms with E-state index in [1.807, 2.05) is 30.0 Å². The summed E-state index contributed by atoms with van der Waals surface area (Å²) in [5.41, 5.74) is 3.11. The lowest BCUT2D eigenvalue weighted by molar-refractivity contribution is -0.0221. The van der Waals surface area contributed by atoms with E-state index in [1.54, 1.807) is 6.07 Å². The fraction of sp³-hybridized carbons (Fsp3) is 0.552. The minimum atomic E-state index is -3.81. The number of pyridine rings is 1. The van der Waals surface area contributed by atoms with Gasteiger partial charge in [-0.05, 0) is 74.8 Å². The van der Waals surface area contributed by atoms with Crippen molar-refractivity contribution in [1.82, 2.24) is 15.0 Å². The molecule has 2 aromatic heterocycles. The second-order valence-electron chi connectivity index (χ2n) is 12.1. The maximum Gasteiger partial charge on any atom is 0.251 e. The maximum atomic E-state index is 13.8. The summed E-state index contributed by atoms with van der Waals surface area (Å²) in [5, 5.41) is 12.6. The highest BCUT2D eigenvalue weighted by molar-refractivity contribution is 7.93. The molecule has 1 atom stereocenters. The smallest absolute Gasteiger partial charge is 0.251 e. The summed E-state index contributed by atoms with van der Waals surface area (Å²) in [6.07, 6.45) is 5.66. The monoisotopic (exact) mass is 601 g/mol. The molecular formula is C29H37F2N7O3S. The van der Waals surface area contributed by atoms with Crippen LogP contribution < -0.4 is 19.8 Å². The highest BCUT2D eigenvalue weighted by atomic mass is 32.2. The van der Waals surface area contributed by atoms with Crippen LogP contribution in [0, 0.1) is 12.3 Å². The van der Waals surface area contributed by atoms with Crippen molar-refractivity contribution >= 4 is 49.8 Å². The first-order chi connectivity index (χ1) is 20.0. The zero-order valence-corrected chi connectivity index (χ0v) is 24.7. The van der Waals surface area contributed by atoms with Gasteiger partial charge in [0, 0.05) is 39.0 Å². The molecule has 2 saturated heterocycles. The number of piperidine rings is 2. The van der Waals surface area contributed by atoms with Crippen LogP contribution in [0.3, 0.4) is 0 Å². The molecule has 42 heavy (non-hydrogen) atoms. The van der Waals surface area contributed by atoms with Crippen LogP contribution in [-0.4, -0.2) is 72.4 Å². The number of benzene rings is 1. The molecule has 1 aromatic carbocycles. The summed E-state index contributed by atoms with van der Waals surface area (Å²) < 4.78 is 55.8. The lowest BCUT2D eigenvalue weighted by Gasteiger charge is -2.35. The van der Waals surface area contributed by atoms with Crippen LogP contribution in [0.15, 0.2) is 30.6 Å². The first kappa shape index (κ1) is 28.8. The fourth-order valence-corrected chi connectivity index (χ4v) is 6.74. The molecule has 10 nitrogen and oxygen atoms in total. The Hall–Kier alpha value is -3.32. The number of aliphatic hydroxyl groups is 1. The lowest BCUT2D eigenvalue weighted by Crippen LogP contribution is -2.39. The van der Waals surface area contributed by atoms with Gasteiger partial charge in [-0.2, -0.15) is 0 Å². The maximum absolute atomic E-state index is 13.8. The Morgan fingerprint density at radius 3 is 2.33 bits per heavy atom. The van der Waals surface area contributed by atoms with Crippen LogP contribution >= 0.6 is 0 Å². The van der Waals surface area contributed by atoms with E-state index >= 15 is 0 Å². The zero-order chi connectivity index (χ0) is 29.7. The Labute approximate surface area is 244 Å². The number of hydrogen-bond acceptors (Lipinski definition) is 9. The van der Waals surface area contributed by atoms with Crippen molar-refractivity contribution in [2.45, 2.75) is 63.5 Å². The molecule has 226 valence electrons. The predicted octanol–water partition coefficient (Wildman–Crippen LogP) is 4.82. The quantitative estimate of drug-likeness (QED) is 0.334. The van der Waals surface area contributed by atoms with Crippen LogP contribution in [-0.2, 0) is 10.0 Å². The largest absolute Gasteiger partial charge is 0.395 e. The summed E-state index contributed by atoms with van der Waals surface area (Å²) in [6.45, 7) is 5.02. The van der Waals surface area contributed by atoms with Gasteiger partial charge < -0.3 is 20.2 Å². The van der Waals surface area contributed by atoms with Crippen LogP contribution in [0.1, 0.15) is 51.0 Å². The average Bonchev–Trinajstić information content (AvgIpc) is 3.70. The van der Waals surface area contributed by atoms with E-state index in [4.69, 9.17) is 4.98 Å². The molecule has 0 unspecified atom stereocenters. The van der Waals surface area contributed by atoms with Gasteiger partial charge in [0.05, 0.1) is 28.9 Å². The zero-order valence-electron chi connectivity index (χ0n) is 23.9. The van der Waals surface area contributed by atoms with Crippen molar-refractivity contribution in [1.29, 1.82) is 0 Å². The van der Waals surface area contributed by atoms with Gasteiger partial charge in [-0.15, -0.1) is 0 Å². The molecule has 3 N–H and O–H groups in total. The summed E-state index contributed by atoms with van der Waals surface area (Å²) in [7, 11) is -3.81. The normalized spacial score (nSPS) is 20.5. The Kier molecular flexibility index (Phi) is 7.37. The number of alkyl halides is 2. The number of sulfonamides is 1. The molecule has 4 heterocycles. The first-order valence-electron chi connectivity index (χ1n) is 14.5. The molecule has 0 amide bonds. The fourth-order valence-electron chi connectivity index (χ4n) is 5.89. The third-order valence-electron chi connectivity index (χ3n) is 8.91. The Bertz CT molecular complexity index is 1580. The molecule has 1 saturated carbocycles. The van der Waals surface area contributed by atoms with Crippen molar-refractivity contribution in [3.05, 3.63) is 36.2 Å². The minimum absolute atomic E-state index is 0.203. The van der Waals surface area contributed by atoms with E-state index in [-0.39, 0.29) is 25.9 Å². The molecule has 1 aliphatic carbocycles. The molecule has 0 radical (unpaired) electrons. The number of nitrogens with zero attached hydrogens (tertiary/aromatic N) is 5. The second kappa shape index (κ2) is 10.7. The van der Waals surface area contributed by atoms with Crippen LogP contribution in [0.25, 0.3) is 10.9 Å². The number of nitrogens with one attached hydrogen (secondary N) is 2. The predicted molar refractivity (Wildman–Crippen MR) is 160 cm³/mol. The number of halogens is 2. The van der Waals surface area contributed by atoms with E-state index < -0.39 is 27.8 Å². The number of aliphatic hydroxyl groups excluding tert-OH is 1. The summed E-state index contributed by atoms with van der Waals surface area (Å²) in [6, 6.07) is 7.26. The number of anilines is 5. The third-order valence-corrected chi connectivity index (χ3v) is 10.6. The lowest BCUT2D eigenvalue weighted by atomic mass is 9.93. The number of fused-ring (bicyclic) bond motifs is 1. The van der Waals surface area contributed by atoms with E-state index in [1.165, 1.54) is 26.1 Å². The average molecular weight is 602 g/mol. The van der Waals surface area contributed by atoms with E-state index in [0.717, 1.165) is 42.6 Å². The van der Waals surface area contributed by atoms with Crippen molar-refractivity contribution in [3.8, 4) is 0 Å². The van der Waals surface area contributed by atoms with Crippen LogP contribution in [0.4, 0.5) is 37.6 Å². The van der Waals surface area contributed by atoms with Crippen molar-refractivity contribution in [2.75, 3.05) is 52.6 Å². The SMILES string of the molecule is Cc1cc(Nc2ncnc3cc(NS(=O)(=O)[C@@H](C)CO)cc(N4CCC5(CC4)CC5)c23)nc(N2CCC(F)(F)CC2)c1. The van der Waals surface area contributed by atoms with Gasteiger partial charge >= 0.3 is 0 Å². The number of aryl methyl sites for hydroxylation is 1. The summed E-state index contributed by atoms with van der Waals surface area (Å²) >= 11 is 0. The Balaban J connectivity index is 1.37. The van der Waals surface area contributed by atoms with Gasteiger partial charge in [-0.3, -0.25) is 4.72 Å². The van der Waals surface area contributed by atoms with E-state index in [0.29, 0.717) is 34.1 Å². The number of rotatable bonds is 8. The highest BCUT2D eigenvalue weighted by Gasteiger charge is 2.44. The third kappa shape index (κ3) is 5.94. The molecule has 6 rings (SSSR count). The van der Waals surface area contributed by atoms with Crippen molar-refractivity contribution < 1.29 is 22.3 Å². The van der Waals surface area contributed by atoms with Gasteiger partial charge in [-0.1, -0.05) is 0 Å². The topological polar surface area (TPSA) is 124 Å². The highest BCUT2D eigenvalue weighted by Crippen LogP contribution is 2.54. The Morgan fingerprint density at radius 2 is 1.67 bits per heavy atom. The van der Waals surface area contributed by atoms with Crippen LogP contribution in [0.5, 0.6) is 0 Å². The molecule has 13 heteroatoms. The van der Waals surface area contributed by atoms with E-state index in [2.05, 4.69) is 24.9 Å². The van der Waals surface area contributed by atoms with Gasteiger partial charge in [0.25, 0.3) is 5.92 Å². The van der Waals surface area contributed by atoms with Gasteiger partial charge in [0.2, 0.25) is 10.0 Å². The summed E-state index contributed by atoms with van der Waals surface area (Å²) in [4.78, 5) is 18.0. The molecule has 0 bridgehead atoms. The summed E-state index contributed by atoms with van der Waals surface area (Å²) in [5.74, 6) is -0.958. The molecule has 3 aliphatic rings. The van der Waals surface area contributed by atoms with Gasteiger partial charge in [-0.25, -0.2) is 32.2 Å². The van der Waals surface area contributed by atoms with Crippen molar-refractivity contribution in [2.24, 2.45) is 5.41 Å². The first-order valence-corrected chi connectivity index (χ1v) is 16.1. The molecule has 3 fully saturated rings. The molecular weight excluding hydrogens is 564 g/mol. The van der Waals surface area contributed by atoms with E-state index in [9.17, 15) is 22.3 Å². The van der Waals surface area contributed by atoms with Gasteiger partial charge in [0.1, 0.15) is 29.0 Å². The second-order valence-corrected chi connectivity index (χ2v) is 14.2. The minimum Gasteiger partial charge on any atom is -0.395 e. The standard InChI is InChI=1S/C29H37F2N7O3S/c1-19-13-24(34-25(14-19)38-11-7-29(30,31)8-12-38)35-27-26-22(32-18-33-27)15-21(36-42(40,41)20(2)17-39)16-23(26)37-9-5-28(3-4-28)6-10-37/h13-16,18,20,36,39H,3-12,17H2,1-2H3,(H,32,33,34,35)/t20-/m0/s1. The Morgan fingerprint density at radius 1 is 0.976 bits per heavy atom. The van der Waals surface area contributed by atoms with Crippen molar-refractivity contribution in [3.63, 3.8) is 0 Å². The molecule has 1 spiro atoms. The molecule has 3 aromatic rings. The van der Waals surface area contributed by atoms with Crippen LogP contribution in [0.2, 0.25) is 0 Å². The molecule has 2 aliphatic heterocycles.